The normalized spacial score (nSPS) is 11.4. The van der Waals surface area contributed by atoms with E-state index in [2.05, 4.69) is 101 Å². The van der Waals surface area contributed by atoms with Gasteiger partial charge in [0.05, 0.1) is 12.4 Å². The van der Waals surface area contributed by atoms with Gasteiger partial charge in [-0.1, -0.05) is 97.1 Å². The highest BCUT2D eigenvalue weighted by Crippen LogP contribution is 2.35. The lowest BCUT2D eigenvalue weighted by atomic mass is 9.96. The molecule has 4 nitrogen and oxygen atoms in total. The van der Waals surface area contributed by atoms with Gasteiger partial charge in [0.1, 0.15) is 11.4 Å². The highest BCUT2D eigenvalue weighted by atomic mass is 15.3. The quantitative estimate of drug-likeness (QED) is 0.264. The Bertz CT molecular complexity index is 1850. The summed E-state index contributed by atoms with van der Waals surface area (Å²) in [5.41, 5.74) is 6.23. The lowest BCUT2D eigenvalue weighted by Crippen LogP contribution is -1.95. The van der Waals surface area contributed by atoms with Crippen molar-refractivity contribution in [1.82, 2.24) is 19.6 Å². The Hall–Kier alpha value is -4.83. The van der Waals surface area contributed by atoms with Crippen molar-refractivity contribution >= 4 is 27.3 Å². The maximum absolute atomic E-state index is 4.82. The first-order valence-corrected chi connectivity index (χ1v) is 11.6. The molecule has 0 N–H and O–H groups in total. The van der Waals surface area contributed by atoms with E-state index in [1.807, 2.05) is 22.7 Å². The van der Waals surface area contributed by atoms with Gasteiger partial charge in [0, 0.05) is 11.1 Å². The number of hydrogen-bond acceptors (Lipinski definition) is 3. The van der Waals surface area contributed by atoms with Gasteiger partial charge in [0.15, 0.2) is 0 Å². The summed E-state index contributed by atoms with van der Waals surface area (Å²) >= 11 is 0. The molecule has 0 saturated carbocycles. The topological polar surface area (TPSA) is 43.1 Å². The van der Waals surface area contributed by atoms with Gasteiger partial charge in [-0.05, 0) is 44.8 Å². The van der Waals surface area contributed by atoms with Crippen LogP contribution in [0.2, 0.25) is 0 Å². The van der Waals surface area contributed by atoms with Crippen molar-refractivity contribution in [1.29, 1.82) is 0 Å². The van der Waals surface area contributed by atoms with Crippen molar-refractivity contribution in [3.8, 4) is 33.6 Å². The molecule has 0 atom stereocenters. The van der Waals surface area contributed by atoms with Crippen LogP contribution in [0.15, 0.2) is 122 Å². The average molecular weight is 449 g/mol. The van der Waals surface area contributed by atoms with Gasteiger partial charge >= 0.3 is 0 Å². The Kier molecular flexibility index (Phi) is 4.42. The largest absolute Gasteiger partial charge is 0.251 e. The van der Waals surface area contributed by atoms with Crippen molar-refractivity contribution in [2.45, 2.75) is 0 Å². The summed E-state index contributed by atoms with van der Waals surface area (Å²) in [7, 11) is 0. The second-order valence-corrected chi connectivity index (χ2v) is 8.63. The Labute approximate surface area is 202 Å². The van der Waals surface area contributed by atoms with E-state index in [1.54, 1.807) is 12.4 Å². The number of hydrogen-bond donors (Lipinski definition) is 0. The van der Waals surface area contributed by atoms with Crippen LogP contribution in [0.1, 0.15) is 0 Å². The Morgan fingerprint density at radius 2 is 1.26 bits per heavy atom. The number of rotatable bonds is 3. The number of benzene rings is 5. The van der Waals surface area contributed by atoms with E-state index in [-0.39, 0.29) is 0 Å². The lowest BCUT2D eigenvalue weighted by Gasteiger charge is -2.10. The standard InChI is InChI=1S/C31H20N4/c1-2-8-22(9-3-1)29-30(35-31(34-29)32-17-18-33-35)26-11-6-10-23(20-26)24-15-16-28-25(19-24)14-13-21-7-4-5-12-27(21)28/h1-20H. The van der Waals surface area contributed by atoms with Gasteiger partial charge in [-0.15, -0.1) is 0 Å². The van der Waals surface area contributed by atoms with Crippen LogP contribution in [0.25, 0.3) is 61.0 Å². The summed E-state index contributed by atoms with van der Waals surface area (Å²) in [6.07, 6.45) is 3.38. The van der Waals surface area contributed by atoms with Crippen molar-refractivity contribution in [3.05, 3.63) is 122 Å². The molecule has 164 valence electrons. The van der Waals surface area contributed by atoms with Crippen LogP contribution in [0.5, 0.6) is 0 Å². The van der Waals surface area contributed by atoms with E-state index in [4.69, 9.17) is 4.98 Å². The molecular weight excluding hydrogens is 428 g/mol. The minimum absolute atomic E-state index is 0.587. The fraction of sp³-hybridized carbons (Fsp3) is 0. The minimum Gasteiger partial charge on any atom is -0.218 e. The van der Waals surface area contributed by atoms with Crippen LogP contribution < -0.4 is 0 Å². The molecule has 0 aliphatic heterocycles. The van der Waals surface area contributed by atoms with E-state index >= 15 is 0 Å². The van der Waals surface area contributed by atoms with E-state index in [9.17, 15) is 0 Å². The summed E-state index contributed by atoms with van der Waals surface area (Å²) in [4.78, 5) is 9.26. The van der Waals surface area contributed by atoms with E-state index in [0.717, 1.165) is 28.1 Å². The van der Waals surface area contributed by atoms with Gasteiger partial charge in [0.2, 0.25) is 0 Å². The molecule has 0 spiro atoms. The zero-order valence-electron chi connectivity index (χ0n) is 18.8. The molecule has 5 aromatic carbocycles. The monoisotopic (exact) mass is 448 g/mol. The van der Waals surface area contributed by atoms with Crippen molar-refractivity contribution in [2.24, 2.45) is 0 Å². The number of imidazole rings is 1. The predicted octanol–water partition coefficient (Wildman–Crippen LogP) is 7.43. The second kappa shape index (κ2) is 7.89. The molecule has 7 rings (SSSR count). The molecule has 0 amide bonds. The summed E-state index contributed by atoms with van der Waals surface area (Å²) in [6.45, 7) is 0. The maximum atomic E-state index is 4.82. The van der Waals surface area contributed by atoms with Crippen molar-refractivity contribution in [2.75, 3.05) is 0 Å². The Balaban J connectivity index is 1.40. The molecule has 7 aromatic rings. The summed E-state index contributed by atoms with van der Waals surface area (Å²) < 4.78 is 1.83. The molecular formula is C31H20N4. The molecule has 2 aromatic heterocycles. The van der Waals surface area contributed by atoms with Crippen LogP contribution in [0.3, 0.4) is 0 Å². The van der Waals surface area contributed by atoms with E-state index in [0.29, 0.717) is 5.78 Å². The SMILES string of the molecule is c1ccc(-c2nc3nccnn3c2-c2cccc(-c3ccc4c(ccc5ccccc54)c3)c2)cc1. The van der Waals surface area contributed by atoms with E-state index in [1.165, 1.54) is 27.1 Å². The van der Waals surface area contributed by atoms with Crippen molar-refractivity contribution in [3.63, 3.8) is 0 Å². The van der Waals surface area contributed by atoms with Gasteiger partial charge in [0.25, 0.3) is 5.78 Å². The molecule has 0 bridgehead atoms. The maximum Gasteiger partial charge on any atom is 0.251 e. The second-order valence-electron chi connectivity index (χ2n) is 8.63. The van der Waals surface area contributed by atoms with Gasteiger partial charge < -0.3 is 0 Å². The molecule has 0 unspecified atom stereocenters. The lowest BCUT2D eigenvalue weighted by molar-refractivity contribution is 0.908. The summed E-state index contributed by atoms with van der Waals surface area (Å²) in [5, 5.41) is 9.61. The first-order chi connectivity index (χ1) is 17.3. The molecule has 0 saturated heterocycles. The minimum atomic E-state index is 0.587. The fourth-order valence-electron chi connectivity index (χ4n) is 4.89. The van der Waals surface area contributed by atoms with Gasteiger partial charge in [-0.3, -0.25) is 0 Å². The van der Waals surface area contributed by atoms with Crippen LogP contribution in [-0.2, 0) is 0 Å². The predicted molar refractivity (Wildman–Crippen MR) is 142 cm³/mol. The summed E-state index contributed by atoms with van der Waals surface area (Å²) in [5.74, 6) is 0.587. The smallest absolute Gasteiger partial charge is 0.218 e. The third-order valence-corrected chi connectivity index (χ3v) is 6.54. The zero-order chi connectivity index (χ0) is 23.2. The molecule has 0 fully saturated rings. The molecule has 0 aliphatic carbocycles. The Morgan fingerprint density at radius 1 is 0.514 bits per heavy atom. The van der Waals surface area contributed by atoms with Crippen LogP contribution >= 0.6 is 0 Å². The fourth-order valence-corrected chi connectivity index (χ4v) is 4.89. The number of nitrogens with zero attached hydrogens (tertiary/aromatic N) is 4. The number of aromatic nitrogens is 4. The molecule has 4 heteroatoms. The van der Waals surface area contributed by atoms with E-state index < -0.39 is 0 Å². The highest BCUT2D eigenvalue weighted by Gasteiger charge is 2.18. The Morgan fingerprint density at radius 3 is 2.20 bits per heavy atom. The third kappa shape index (κ3) is 3.27. The van der Waals surface area contributed by atoms with Crippen LogP contribution in [-0.4, -0.2) is 19.6 Å². The van der Waals surface area contributed by atoms with Crippen molar-refractivity contribution < 1.29 is 0 Å². The first-order valence-electron chi connectivity index (χ1n) is 11.6. The first kappa shape index (κ1) is 19.6. The third-order valence-electron chi connectivity index (χ3n) is 6.54. The molecule has 2 heterocycles. The summed E-state index contributed by atoms with van der Waals surface area (Å²) in [6, 6.07) is 38.4. The van der Waals surface area contributed by atoms with Gasteiger partial charge in [-0.2, -0.15) is 9.61 Å². The molecule has 0 radical (unpaired) electrons. The molecule has 0 aliphatic rings. The van der Waals surface area contributed by atoms with Gasteiger partial charge in [-0.25, -0.2) is 9.97 Å². The highest BCUT2D eigenvalue weighted by molar-refractivity contribution is 6.08. The number of fused-ring (bicyclic) bond motifs is 4. The van der Waals surface area contributed by atoms with Crippen LogP contribution in [0, 0.1) is 0 Å². The van der Waals surface area contributed by atoms with Crippen LogP contribution in [0.4, 0.5) is 0 Å². The molecule has 35 heavy (non-hydrogen) atoms. The zero-order valence-corrected chi connectivity index (χ0v) is 18.8. The average Bonchev–Trinajstić information content (AvgIpc) is 3.33.